The first kappa shape index (κ1) is 8.17. The number of aromatic amines is 1. The molecule has 3 nitrogen and oxygen atoms in total. The van der Waals surface area contributed by atoms with Gasteiger partial charge in [0.2, 0.25) is 0 Å². The molecule has 0 saturated heterocycles. The highest BCUT2D eigenvalue weighted by Crippen LogP contribution is 2.26. The van der Waals surface area contributed by atoms with Gasteiger partial charge in [-0.15, -0.1) is 0 Å². The summed E-state index contributed by atoms with van der Waals surface area (Å²) in [6.45, 7) is 0. The van der Waals surface area contributed by atoms with E-state index < -0.39 is 0 Å². The third-order valence-corrected chi connectivity index (χ3v) is 2.47. The van der Waals surface area contributed by atoms with Crippen LogP contribution < -0.4 is 0 Å². The van der Waals surface area contributed by atoms with Gasteiger partial charge < -0.3 is 4.98 Å². The Hall–Kier alpha value is -2.16. The number of rotatable bonds is 1. The van der Waals surface area contributed by atoms with Gasteiger partial charge in [-0.2, -0.15) is 0 Å². The van der Waals surface area contributed by atoms with Gasteiger partial charge in [0.1, 0.15) is 0 Å². The molecule has 0 bridgehead atoms. The van der Waals surface area contributed by atoms with Crippen LogP contribution in [0.3, 0.4) is 0 Å². The van der Waals surface area contributed by atoms with E-state index >= 15 is 0 Å². The molecule has 0 amide bonds. The summed E-state index contributed by atoms with van der Waals surface area (Å²) in [4.78, 5) is 11.3. The number of H-pyrrole nitrogens is 1. The zero-order chi connectivity index (χ0) is 10.1. The molecule has 3 aromatic heterocycles. The van der Waals surface area contributed by atoms with E-state index in [0.717, 1.165) is 5.52 Å². The van der Waals surface area contributed by atoms with Crippen LogP contribution in [0.5, 0.6) is 0 Å². The molecule has 0 aliphatic heterocycles. The van der Waals surface area contributed by atoms with Crippen molar-refractivity contribution in [2.24, 2.45) is 0 Å². The first-order chi connectivity index (χ1) is 7.45. The van der Waals surface area contributed by atoms with Crippen molar-refractivity contribution in [1.82, 2.24) is 15.0 Å². The van der Waals surface area contributed by atoms with Crippen molar-refractivity contribution < 1.29 is 0 Å². The summed E-state index contributed by atoms with van der Waals surface area (Å²) in [5, 5.41) is 1.19. The Kier molecular flexibility index (Phi) is 1.75. The lowest BCUT2D eigenvalue weighted by Gasteiger charge is -1.97. The van der Waals surface area contributed by atoms with Gasteiger partial charge in [0.15, 0.2) is 0 Å². The van der Waals surface area contributed by atoms with Gasteiger partial charge in [-0.25, -0.2) is 0 Å². The normalized spacial score (nSPS) is 10.7. The largest absolute Gasteiger partial charge is 0.359 e. The smallest absolute Gasteiger partial charge is 0.0646 e. The van der Waals surface area contributed by atoms with Crippen LogP contribution in [0.1, 0.15) is 0 Å². The maximum Gasteiger partial charge on any atom is 0.0646 e. The maximum atomic E-state index is 4.08. The third-order valence-electron chi connectivity index (χ3n) is 2.47. The molecule has 0 atom stereocenters. The van der Waals surface area contributed by atoms with Crippen LogP contribution >= 0.6 is 0 Å². The lowest BCUT2D eigenvalue weighted by Crippen LogP contribution is -1.76. The highest BCUT2D eigenvalue weighted by atomic mass is 14.7. The predicted octanol–water partition coefficient (Wildman–Crippen LogP) is 2.62. The van der Waals surface area contributed by atoms with E-state index in [9.17, 15) is 0 Å². The molecule has 0 unspecified atom stereocenters. The van der Waals surface area contributed by atoms with E-state index in [-0.39, 0.29) is 0 Å². The Morgan fingerprint density at radius 1 is 0.933 bits per heavy atom. The minimum atomic E-state index is 1.06. The van der Waals surface area contributed by atoms with Gasteiger partial charge in [0.05, 0.1) is 11.7 Å². The van der Waals surface area contributed by atoms with Crippen molar-refractivity contribution in [3.8, 4) is 11.1 Å². The van der Waals surface area contributed by atoms with E-state index in [1.807, 2.05) is 30.6 Å². The number of hydrogen-bond donors (Lipinski definition) is 1. The Morgan fingerprint density at radius 3 is 2.60 bits per heavy atom. The fourth-order valence-corrected chi connectivity index (χ4v) is 1.74. The Balaban J connectivity index is 2.28. The number of aromatic nitrogens is 3. The van der Waals surface area contributed by atoms with Gasteiger partial charge >= 0.3 is 0 Å². The SMILES string of the molecule is c1cc(-c2c[nH]c3cnccc23)ccn1. The molecule has 15 heavy (non-hydrogen) atoms. The molecule has 0 aromatic carbocycles. The molecule has 0 spiro atoms. The average molecular weight is 195 g/mol. The maximum absolute atomic E-state index is 4.08. The van der Waals surface area contributed by atoms with Crippen LogP contribution in [-0.2, 0) is 0 Å². The molecule has 0 fully saturated rings. The lowest BCUT2D eigenvalue weighted by molar-refractivity contribution is 1.33. The van der Waals surface area contributed by atoms with Gasteiger partial charge in [0, 0.05) is 35.7 Å². The Labute approximate surface area is 86.8 Å². The molecular formula is C12H9N3. The lowest BCUT2D eigenvalue weighted by atomic mass is 10.1. The highest BCUT2D eigenvalue weighted by molar-refractivity contribution is 5.94. The number of nitrogens with zero attached hydrogens (tertiary/aromatic N) is 2. The number of nitrogens with one attached hydrogen (secondary N) is 1. The van der Waals surface area contributed by atoms with Crippen LogP contribution in [0.25, 0.3) is 22.0 Å². The van der Waals surface area contributed by atoms with Crippen molar-refractivity contribution in [1.29, 1.82) is 0 Å². The molecule has 3 rings (SSSR count). The standard InChI is InChI=1S/C12H9N3/c1-4-13-5-2-9(1)11-7-15-12-8-14-6-3-10(11)12/h1-8,15H. The zero-order valence-electron chi connectivity index (χ0n) is 8.01. The molecule has 72 valence electrons. The second-order valence-corrected chi connectivity index (χ2v) is 3.36. The Morgan fingerprint density at radius 2 is 1.73 bits per heavy atom. The molecule has 0 radical (unpaired) electrons. The van der Waals surface area contributed by atoms with E-state index in [0.29, 0.717) is 0 Å². The van der Waals surface area contributed by atoms with E-state index in [1.165, 1.54) is 16.5 Å². The fourth-order valence-electron chi connectivity index (χ4n) is 1.74. The van der Waals surface area contributed by atoms with Crippen molar-refractivity contribution >= 4 is 10.9 Å². The van der Waals surface area contributed by atoms with Gasteiger partial charge in [-0.3, -0.25) is 9.97 Å². The summed E-state index contributed by atoms with van der Waals surface area (Å²) in [7, 11) is 0. The number of hydrogen-bond acceptors (Lipinski definition) is 2. The Bertz CT molecular complexity index is 584. The monoisotopic (exact) mass is 195 g/mol. The average Bonchev–Trinajstić information content (AvgIpc) is 2.74. The summed E-state index contributed by atoms with van der Waals surface area (Å²) >= 11 is 0. The van der Waals surface area contributed by atoms with Crippen LogP contribution in [0.4, 0.5) is 0 Å². The molecule has 0 aliphatic carbocycles. The second-order valence-electron chi connectivity index (χ2n) is 3.36. The van der Waals surface area contributed by atoms with Gasteiger partial charge in [-0.1, -0.05) is 0 Å². The van der Waals surface area contributed by atoms with Crippen molar-refractivity contribution in [2.45, 2.75) is 0 Å². The predicted molar refractivity (Wildman–Crippen MR) is 59.3 cm³/mol. The molecule has 3 aromatic rings. The fraction of sp³-hybridized carbons (Fsp3) is 0. The molecule has 1 N–H and O–H groups in total. The molecule has 3 heterocycles. The minimum Gasteiger partial charge on any atom is -0.359 e. The molecule has 3 heteroatoms. The summed E-state index contributed by atoms with van der Waals surface area (Å²) in [5.41, 5.74) is 3.42. The first-order valence-electron chi connectivity index (χ1n) is 4.76. The quantitative estimate of drug-likeness (QED) is 0.648. The molecule has 0 saturated carbocycles. The van der Waals surface area contributed by atoms with Crippen LogP contribution in [-0.4, -0.2) is 15.0 Å². The molecular weight excluding hydrogens is 186 g/mol. The van der Waals surface area contributed by atoms with Crippen molar-refractivity contribution in [3.05, 3.63) is 49.2 Å². The minimum absolute atomic E-state index is 1.06. The van der Waals surface area contributed by atoms with E-state index in [2.05, 4.69) is 15.0 Å². The molecule has 0 aliphatic rings. The topological polar surface area (TPSA) is 41.6 Å². The third kappa shape index (κ3) is 1.29. The van der Waals surface area contributed by atoms with Crippen LogP contribution in [0.2, 0.25) is 0 Å². The first-order valence-corrected chi connectivity index (χ1v) is 4.76. The van der Waals surface area contributed by atoms with E-state index in [1.54, 1.807) is 18.6 Å². The number of pyridine rings is 2. The van der Waals surface area contributed by atoms with Crippen molar-refractivity contribution in [2.75, 3.05) is 0 Å². The summed E-state index contributed by atoms with van der Waals surface area (Å²) in [5.74, 6) is 0. The van der Waals surface area contributed by atoms with Crippen molar-refractivity contribution in [3.63, 3.8) is 0 Å². The second kappa shape index (κ2) is 3.20. The summed E-state index contributed by atoms with van der Waals surface area (Å²) in [6, 6.07) is 6.02. The zero-order valence-corrected chi connectivity index (χ0v) is 8.01. The highest BCUT2D eigenvalue weighted by Gasteiger charge is 2.04. The van der Waals surface area contributed by atoms with E-state index in [4.69, 9.17) is 0 Å². The van der Waals surface area contributed by atoms with Gasteiger partial charge in [0.25, 0.3) is 0 Å². The summed E-state index contributed by atoms with van der Waals surface area (Å²) < 4.78 is 0. The summed E-state index contributed by atoms with van der Waals surface area (Å²) in [6.07, 6.45) is 9.24. The van der Waals surface area contributed by atoms with Crippen LogP contribution in [0, 0.1) is 0 Å². The number of fused-ring (bicyclic) bond motifs is 1. The van der Waals surface area contributed by atoms with Gasteiger partial charge in [-0.05, 0) is 23.8 Å². The van der Waals surface area contributed by atoms with Crippen LogP contribution in [0.15, 0.2) is 49.2 Å².